The molecule has 0 unspecified atom stereocenters. The first-order chi connectivity index (χ1) is 10.7. The van der Waals surface area contributed by atoms with Crippen LogP contribution in [0, 0.1) is 5.92 Å². The number of nitrogens with one attached hydrogen (secondary N) is 1. The summed E-state index contributed by atoms with van der Waals surface area (Å²) in [5.41, 5.74) is 2.14. The molecule has 4 nitrogen and oxygen atoms in total. The molecule has 1 saturated heterocycles. The summed E-state index contributed by atoms with van der Waals surface area (Å²) in [5.74, 6) is 2.06. The number of aromatic nitrogens is 2. The van der Waals surface area contributed by atoms with Crippen molar-refractivity contribution in [2.75, 3.05) is 13.1 Å². The highest BCUT2D eigenvalue weighted by Gasteiger charge is 2.28. The Bertz CT molecular complexity index is 604. The number of carbonyl (C=O) groups is 1. The maximum absolute atomic E-state index is 12.4. The van der Waals surface area contributed by atoms with Crippen molar-refractivity contribution >= 4 is 16.9 Å². The molecule has 0 bridgehead atoms. The lowest BCUT2D eigenvalue weighted by atomic mass is 9.94. The predicted molar refractivity (Wildman–Crippen MR) is 88.7 cm³/mol. The minimum absolute atomic E-state index is 0.197. The highest BCUT2D eigenvalue weighted by molar-refractivity contribution is 5.79. The molecule has 1 aliphatic rings. The van der Waals surface area contributed by atoms with Gasteiger partial charge in [0.2, 0.25) is 5.91 Å². The van der Waals surface area contributed by atoms with E-state index in [4.69, 9.17) is 4.98 Å². The molecule has 0 radical (unpaired) electrons. The van der Waals surface area contributed by atoms with Crippen molar-refractivity contribution in [1.29, 1.82) is 0 Å². The maximum atomic E-state index is 12.4. The number of aromatic amines is 1. The second-order valence-corrected chi connectivity index (χ2v) is 6.25. The molecule has 1 aromatic carbocycles. The Labute approximate surface area is 131 Å². The average Bonchev–Trinajstić information content (AvgIpc) is 3.00. The Morgan fingerprint density at radius 2 is 1.95 bits per heavy atom. The largest absolute Gasteiger partial charge is 0.342 e. The molecule has 0 spiro atoms. The summed E-state index contributed by atoms with van der Waals surface area (Å²) in [5, 5.41) is 0. The van der Waals surface area contributed by atoms with E-state index in [0.717, 1.165) is 55.6 Å². The van der Waals surface area contributed by atoms with Crippen LogP contribution in [0.1, 0.15) is 51.3 Å². The summed E-state index contributed by atoms with van der Waals surface area (Å²) >= 11 is 0. The Hall–Kier alpha value is -1.84. The SMILES string of the molecule is CCC(CC)C(=O)N1CCC(c2nc3ccccc3[nH]2)CC1. The molecule has 0 atom stereocenters. The Morgan fingerprint density at radius 1 is 1.27 bits per heavy atom. The van der Waals surface area contributed by atoms with Crippen LogP contribution < -0.4 is 0 Å². The highest BCUT2D eigenvalue weighted by atomic mass is 16.2. The number of hydrogen-bond acceptors (Lipinski definition) is 2. The number of imidazole rings is 1. The molecule has 1 aliphatic heterocycles. The monoisotopic (exact) mass is 299 g/mol. The fourth-order valence-electron chi connectivity index (χ4n) is 3.44. The van der Waals surface area contributed by atoms with Crippen LogP contribution in [0.15, 0.2) is 24.3 Å². The van der Waals surface area contributed by atoms with E-state index in [1.807, 2.05) is 18.2 Å². The number of hydrogen-bond donors (Lipinski definition) is 1. The van der Waals surface area contributed by atoms with Crippen LogP contribution in [-0.2, 0) is 4.79 Å². The minimum atomic E-state index is 0.197. The van der Waals surface area contributed by atoms with E-state index in [0.29, 0.717) is 11.8 Å². The van der Waals surface area contributed by atoms with Gasteiger partial charge in [-0.15, -0.1) is 0 Å². The van der Waals surface area contributed by atoms with Gasteiger partial charge in [0.15, 0.2) is 0 Å². The second-order valence-electron chi connectivity index (χ2n) is 6.25. The number of amides is 1. The van der Waals surface area contributed by atoms with Gasteiger partial charge in [-0.25, -0.2) is 4.98 Å². The standard InChI is InChI=1S/C18H25N3O/c1-3-13(4-2)18(22)21-11-9-14(10-12-21)17-19-15-7-5-6-8-16(15)20-17/h5-8,13-14H,3-4,9-12H2,1-2H3,(H,19,20). The van der Waals surface area contributed by atoms with E-state index in [-0.39, 0.29) is 5.92 Å². The Kier molecular flexibility index (Phi) is 4.46. The third-order valence-corrected chi connectivity index (χ3v) is 4.94. The molecule has 0 aliphatic carbocycles. The average molecular weight is 299 g/mol. The molecule has 4 heteroatoms. The summed E-state index contributed by atoms with van der Waals surface area (Å²) < 4.78 is 0. The number of rotatable bonds is 4. The second kappa shape index (κ2) is 6.51. The lowest BCUT2D eigenvalue weighted by Gasteiger charge is -2.33. The van der Waals surface area contributed by atoms with Gasteiger partial charge in [0.25, 0.3) is 0 Å². The first-order valence-electron chi connectivity index (χ1n) is 8.46. The van der Waals surface area contributed by atoms with Gasteiger partial charge < -0.3 is 9.88 Å². The smallest absolute Gasteiger partial charge is 0.225 e. The van der Waals surface area contributed by atoms with Crippen LogP contribution in [-0.4, -0.2) is 33.9 Å². The summed E-state index contributed by atoms with van der Waals surface area (Å²) in [7, 11) is 0. The lowest BCUT2D eigenvalue weighted by Crippen LogP contribution is -2.41. The van der Waals surface area contributed by atoms with Gasteiger partial charge >= 0.3 is 0 Å². The number of H-pyrrole nitrogens is 1. The maximum Gasteiger partial charge on any atom is 0.225 e. The molecular weight excluding hydrogens is 274 g/mol. The van der Waals surface area contributed by atoms with Crippen molar-refractivity contribution in [3.05, 3.63) is 30.1 Å². The van der Waals surface area contributed by atoms with Gasteiger partial charge in [0.05, 0.1) is 11.0 Å². The van der Waals surface area contributed by atoms with Gasteiger partial charge in [0, 0.05) is 24.9 Å². The van der Waals surface area contributed by atoms with Crippen LogP contribution >= 0.6 is 0 Å². The zero-order valence-electron chi connectivity index (χ0n) is 13.5. The van der Waals surface area contributed by atoms with Crippen molar-refractivity contribution in [2.45, 2.75) is 45.4 Å². The molecule has 22 heavy (non-hydrogen) atoms. The molecule has 1 amide bonds. The molecule has 118 valence electrons. The van der Waals surface area contributed by atoms with E-state index in [1.165, 1.54) is 0 Å². The zero-order chi connectivity index (χ0) is 15.5. The minimum Gasteiger partial charge on any atom is -0.342 e. The Balaban J connectivity index is 1.65. The van der Waals surface area contributed by atoms with E-state index < -0.39 is 0 Å². The molecule has 3 rings (SSSR count). The van der Waals surface area contributed by atoms with Crippen molar-refractivity contribution < 1.29 is 4.79 Å². The molecule has 2 aromatic rings. The summed E-state index contributed by atoms with van der Waals surface area (Å²) in [6.45, 7) is 5.93. The molecule has 0 saturated carbocycles. The van der Waals surface area contributed by atoms with Crippen LogP contribution in [0.25, 0.3) is 11.0 Å². The van der Waals surface area contributed by atoms with E-state index >= 15 is 0 Å². The number of fused-ring (bicyclic) bond motifs is 1. The fourth-order valence-corrected chi connectivity index (χ4v) is 3.44. The summed E-state index contributed by atoms with van der Waals surface area (Å²) in [6.07, 6.45) is 3.90. The van der Waals surface area contributed by atoms with Gasteiger partial charge in [-0.05, 0) is 37.8 Å². The van der Waals surface area contributed by atoms with Gasteiger partial charge in [-0.1, -0.05) is 26.0 Å². The van der Waals surface area contributed by atoms with Crippen LogP contribution in [0.3, 0.4) is 0 Å². The van der Waals surface area contributed by atoms with Crippen LogP contribution in [0.5, 0.6) is 0 Å². The molecule has 1 fully saturated rings. The predicted octanol–water partition coefficient (Wildman–Crippen LogP) is 3.71. The normalized spacial score (nSPS) is 16.6. The van der Waals surface area contributed by atoms with Crippen molar-refractivity contribution in [1.82, 2.24) is 14.9 Å². The first kappa shape index (κ1) is 15.1. The van der Waals surface area contributed by atoms with Crippen molar-refractivity contribution in [2.24, 2.45) is 5.92 Å². The fraction of sp³-hybridized carbons (Fsp3) is 0.556. The van der Waals surface area contributed by atoms with E-state index in [2.05, 4.69) is 29.8 Å². The summed E-state index contributed by atoms with van der Waals surface area (Å²) in [6, 6.07) is 8.16. The zero-order valence-corrected chi connectivity index (χ0v) is 13.5. The quantitative estimate of drug-likeness (QED) is 0.935. The topological polar surface area (TPSA) is 49.0 Å². The number of benzene rings is 1. The first-order valence-corrected chi connectivity index (χ1v) is 8.46. The molecule has 1 N–H and O–H groups in total. The number of nitrogens with zero attached hydrogens (tertiary/aromatic N) is 2. The van der Waals surface area contributed by atoms with Crippen LogP contribution in [0.4, 0.5) is 0 Å². The van der Waals surface area contributed by atoms with E-state index in [1.54, 1.807) is 0 Å². The highest BCUT2D eigenvalue weighted by Crippen LogP contribution is 2.28. The molecular formula is C18H25N3O. The number of likely N-dealkylation sites (tertiary alicyclic amines) is 1. The van der Waals surface area contributed by atoms with Crippen molar-refractivity contribution in [3.8, 4) is 0 Å². The van der Waals surface area contributed by atoms with Gasteiger partial charge in [0.1, 0.15) is 5.82 Å². The summed E-state index contributed by atoms with van der Waals surface area (Å²) in [4.78, 5) is 22.7. The third kappa shape index (κ3) is 2.87. The number of carbonyl (C=O) groups excluding carboxylic acids is 1. The van der Waals surface area contributed by atoms with Crippen LogP contribution in [0.2, 0.25) is 0 Å². The number of piperidine rings is 1. The number of para-hydroxylation sites is 2. The van der Waals surface area contributed by atoms with E-state index in [9.17, 15) is 4.79 Å². The molecule has 2 heterocycles. The molecule has 1 aromatic heterocycles. The Morgan fingerprint density at radius 3 is 2.59 bits per heavy atom. The van der Waals surface area contributed by atoms with Gasteiger partial charge in [-0.3, -0.25) is 4.79 Å². The third-order valence-electron chi connectivity index (χ3n) is 4.94. The van der Waals surface area contributed by atoms with Gasteiger partial charge in [-0.2, -0.15) is 0 Å². The van der Waals surface area contributed by atoms with Crippen molar-refractivity contribution in [3.63, 3.8) is 0 Å². The lowest BCUT2D eigenvalue weighted by molar-refractivity contribution is -0.136.